The fourth-order valence-electron chi connectivity index (χ4n) is 2.67. The Bertz CT molecular complexity index is 466. The van der Waals surface area contributed by atoms with Gasteiger partial charge in [0.15, 0.2) is 0 Å². The van der Waals surface area contributed by atoms with Crippen molar-refractivity contribution in [3.63, 3.8) is 0 Å². The van der Waals surface area contributed by atoms with Crippen LogP contribution >= 0.6 is 24.8 Å². The topological polar surface area (TPSA) is 66.5 Å². The maximum absolute atomic E-state index is 12.1. The van der Waals surface area contributed by atoms with E-state index in [1.807, 2.05) is 12.1 Å². The van der Waals surface area contributed by atoms with E-state index in [1.165, 1.54) is 25.7 Å². The number of ether oxygens (including phenoxy) is 1. The Labute approximate surface area is 162 Å². The predicted molar refractivity (Wildman–Crippen MR) is 106 cm³/mol. The van der Waals surface area contributed by atoms with Crippen LogP contribution in [-0.2, 0) is 4.74 Å². The first kappa shape index (κ1) is 23.9. The molecule has 1 amide bonds. The van der Waals surface area contributed by atoms with E-state index in [-0.39, 0.29) is 30.7 Å². The largest absolute Gasteiger partial charge is 0.383 e. The Morgan fingerprint density at radius 3 is 2.44 bits per heavy atom. The fourth-order valence-corrected chi connectivity index (χ4v) is 2.67. The molecule has 1 aliphatic rings. The number of hydrogen-bond donors (Lipinski definition) is 2. The molecule has 0 spiro atoms. The fraction of sp³-hybridized carbons (Fsp3) is 0.647. The van der Waals surface area contributed by atoms with Gasteiger partial charge < -0.3 is 20.3 Å². The van der Waals surface area contributed by atoms with E-state index in [0.29, 0.717) is 18.7 Å². The minimum absolute atomic E-state index is 0. The third-order valence-corrected chi connectivity index (χ3v) is 4.01. The number of nitrogens with zero attached hydrogens (tertiary/aromatic N) is 2. The lowest BCUT2D eigenvalue weighted by atomic mass is 10.2. The van der Waals surface area contributed by atoms with Gasteiger partial charge in [-0.2, -0.15) is 0 Å². The number of nitrogens with one attached hydrogen (secondary N) is 2. The van der Waals surface area contributed by atoms with E-state index in [0.717, 1.165) is 32.0 Å². The van der Waals surface area contributed by atoms with E-state index in [9.17, 15) is 4.79 Å². The quantitative estimate of drug-likeness (QED) is 0.664. The van der Waals surface area contributed by atoms with Gasteiger partial charge in [-0.05, 0) is 25.0 Å². The van der Waals surface area contributed by atoms with Crippen molar-refractivity contribution < 1.29 is 9.53 Å². The molecule has 0 aromatic carbocycles. The molecule has 1 aromatic heterocycles. The maximum Gasteiger partial charge on any atom is 0.252 e. The molecule has 0 unspecified atom stereocenters. The van der Waals surface area contributed by atoms with Gasteiger partial charge in [-0.25, -0.2) is 4.98 Å². The van der Waals surface area contributed by atoms with Crippen LogP contribution in [-0.4, -0.2) is 57.3 Å². The van der Waals surface area contributed by atoms with Crippen LogP contribution in [0.3, 0.4) is 0 Å². The second kappa shape index (κ2) is 14.1. The van der Waals surface area contributed by atoms with Gasteiger partial charge in [0, 0.05) is 46.0 Å². The van der Waals surface area contributed by atoms with E-state index >= 15 is 0 Å². The Morgan fingerprint density at radius 1 is 1.12 bits per heavy atom. The summed E-state index contributed by atoms with van der Waals surface area (Å²) in [5.74, 6) is 0.901. The van der Waals surface area contributed by atoms with Crippen molar-refractivity contribution in [3.8, 4) is 0 Å². The van der Waals surface area contributed by atoms with Gasteiger partial charge >= 0.3 is 0 Å². The van der Waals surface area contributed by atoms with Crippen molar-refractivity contribution in [2.75, 3.05) is 51.3 Å². The molecule has 0 aliphatic carbocycles. The van der Waals surface area contributed by atoms with Crippen molar-refractivity contribution >= 4 is 36.5 Å². The number of pyridine rings is 1. The average molecular weight is 393 g/mol. The number of halogens is 2. The van der Waals surface area contributed by atoms with Crippen molar-refractivity contribution in [1.82, 2.24) is 15.6 Å². The lowest BCUT2D eigenvalue weighted by molar-refractivity contribution is 0.0953. The summed E-state index contributed by atoms with van der Waals surface area (Å²) in [4.78, 5) is 18.8. The van der Waals surface area contributed by atoms with Gasteiger partial charge in [0.25, 0.3) is 5.91 Å². The third kappa shape index (κ3) is 8.72. The highest BCUT2D eigenvalue weighted by Gasteiger charge is 2.12. The molecule has 25 heavy (non-hydrogen) atoms. The van der Waals surface area contributed by atoms with Crippen molar-refractivity contribution in [2.24, 2.45) is 0 Å². The van der Waals surface area contributed by atoms with Gasteiger partial charge in [0.2, 0.25) is 0 Å². The minimum Gasteiger partial charge on any atom is -0.383 e. The van der Waals surface area contributed by atoms with E-state index in [4.69, 9.17) is 4.74 Å². The number of carbonyl (C=O) groups excluding carboxylic acids is 1. The number of hydrogen-bond acceptors (Lipinski definition) is 5. The van der Waals surface area contributed by atoms with Crippen molar-refractivity contribution in [3.05, 3.63) is 23.9 Å². The molecule has 2 N–H and O–H groups in total. The number of rotatable bonds is 8. The van der Waals surface area contributed by atoms with Crippen LogP contribution in [0.4, 0.5) is 5.82 Å². The van der Waals surface area contributed by atoms with Gasteiger partial charge in [-0.3, -0.25) is 4.79 Å². The standard InChI is InChI=1S/C17H28N4O2.2ClH/c1-23-13-10-18-8-9-19-17(22)15-6-7-16(20-14-15)21-11-4-2-3-5-12-21;;/h6-7,14,18H,2-5,8-13H2,1H3,(H,19,22);2*1H. The molecule has 1 aromatic rings. The van der Waals surface area contributed by atoms with Gasteiger partial charge in [0.1, 0.15) is 5.82 Å². The molecule has 6 nitrogen and oxygen atoms in total. The van der Waals surface area contributed by atoms with Gasteiger partial charge in [-0.1, -0.05) is 12.8 Å². The number of anilines is 1. The number of aromatic nitrogens is 1. The Kier molecular flexibility index (Phi) is 13.5. The minimum atomic E-state index is -0.0755. The summed E-state index contributed by atoms with van der Waals surface area (Å²) >= 11 is 0. The van der Waals surface area contributed by atoms with Crippen molar-refractivity contribution in [1.29, 1.82) is 0 Å². The van der Waals surface area contributed by atoms with E-state index in [1.54, 1.807) is 13.3 Å². The van der Waals surface area contributed by atoms with Crippen LogP contribution in [0.15, 0.2) is 18.3 Å². The molecule has 0 bridgehead atoms. The lowest BCUT2D eigenvalue weighted by Gasteiger charge is -2.21. The predicted octanol–water partition coefficient (Wildman–Crippen LogP) is 2.27. The normalized spacial score (nSPS) is 14.0. The zero-order valence-corrected chi connectivity index (χ0v) is 16.5. The molecule has 1 aliphatic heterocycles. The second-order valence-electron chi connectivity index (χ2n) is 5.81. The van der Waals surface area contributed by atoms with Crippen LogP contribution in [0.25, 0.3) is 0 Å². The lowest BCUT2D eigenvalue weighted by Crippen LogP contribution is -2.33. The third-order valence-electron chi connectivity index (χ3n) is 4.01. The maximum atomic E-state index is 12.1. The van der Waals surface area contributed by atoms with Gasteiger partial charge in [-0.15, -0.1) is 24.8 Å². The number of methoxy groups -OCH3 is 1. The van der Waals surface area contributed by atoms with Crippen LogP contribution in [0, 0.1) is 0 Å². The van der Waals surface area contributed by atoms with E-state index in [2.05, 4.69) is 20.5 Å². The molecule has 2 heterocycles. The summed E-state index contributed by atoms with van der Waals surface area (Å²) in [7, 11) is 1.67. The number of amides is 1. The zero-order valence-electron chi connectivity index (χ0n) is 14.8. The van der Waals surface area contributed by atoms with Crippen molar-refractivity contribution in [2.45, 2.75) is 25.7 Å². The van der Waals surface area contributed by atoms with Crippen LogP contribution in [0.1, 0.15) is 36.0 Å². The van der Waals surface area contributed by atoms with E-state index < -0.39 is 0 Å². The monoisotopic (exact) mass is 392 g/mol. The second-order valence-corrected chi connectivity index (χ2v) is 5.81. The summed E-state index contributed by atoms with van der Waals surface area (Å²) in [6.45, 7) is 4.91. The smallest absolute Gasteiger partial charge is 0.252 e. The highest BCUT2D eigenvalue weighted by Crippen LogP contribution is 2.17. The Hall–Kier alpha value is -1.08. The zero-order chi connectivity index (χ0) is 16.3. The van der Waals surface area contributed by atoms with Crippen LogP contribution in [0.2, 0.25) is 0 Å². The molecule has 1 saturated heterocycles. The summed E-state index contributed by atoms with van der Waals surface area (Å²) in [5, 5.41) is 6.08. The molecule has 0 radical (unpaired) electrons. The summed E-state index contributed by atoms with van der Waals surface area (Å²) in [6, 6.07) is 3.82. The first-order valence-electron chi connectivity index (χ1n) is 8.50. The Morgan fingerprint density at radius 2 is 1.84 bits per heavy atom. The molecule has 2 rings (SSSR count). The highest BCUT2D eigenvalue weighted by atomic mass is 35.5. The molecular weight excluding hydrogens is 363 g/mol. The first-order valence-corrected chi connectivity index (χ1v) is 8.50. The average Bonchev–Trinajstić information content (AvgIpc) is 2.87. The Balaban J connectivity index is 0.00000288. The molecule has 144 valence electrons. The SMILES string of the molecule is COCCNCCNC(=O)c1ccc(N2CCCCCC2)nc1.Cl.Cl. The van der Waals surface area contributed by atoms with Crippen LogP contribution in [0.5, 0.6) is 0 Å². The summed E-state index contributed by atoms with van der Waals surface area (Å²) in [5.41, 5.74) is 0.612. The highest BCUT2D eigenvalue weighted by molar-refractivity contribution is 5.94. The summed E-state index contributed by atoms with van der Waals surface area (Å²) in [6.07, 6.45) is 6.72. The van der Waals surface area contributed by atoms with Crippen LogP contribution < -0.4 is 15.5 Å². The molecular formula is C17H30Cl2N4O2. The molecule has 8 heteroatoms. The molecule has 1 fully saturated rings. The number of carbonyl (C=O) groups is 1. The molecule has 0 saturated carbocycles. The summed E-state index contributed by atoms with van der Waals surface area (Å²) < 4.78 is 4.95. The van der Waals surface area contributed by atoms with Gasteiger partial charge in [0.05, 0.1) is 12.2 Å². The first-order chi connectivity index (χ1) is 11.3. The molecule has 0 atom stereocenters.